The molecule has 1 N–H and O–H groups in total. The number of halogens is 2. The van der Waals surface area contributed by atoms with Gasteiger partial charge in [-0.15, -0.1) is 0 Å². The molecule has 1 aromatic carbocycles. The zero-order valence-electron chi connectivity index (χ0n) is 11.5. The molecule has 0 radical (unpaired) electrons. The third-order valence-electron chi connectivity index (χ3n) is 3.74. The van der Waals surface area contributed by atoms with Crippen LogP contribution < -0.4 is 0 Å². The highest BCUT2D eigenvalue weighted by atomic mass is 19.1. The molecule has 0 spiro atoms. The van der Waals surface area contributed by atoms with Crippen molar-refractivity contribution in [1.82, 2.24) is 4.90 Å². The monoisotopic (exact) mass is 297 g/mol. The van der Waals surface area contributed by atoms with E-state index in [1.807, 2.05) is 4.90 Å². The molecule has 1 unspecified atom stereocenters. The number of hydrogen-bond acceptors (Lipinski definition) is 3. The van der Waals surface area contributed by atoms with E-state index >= 15 is 0 Å². The Balaban J connectivity index is 1.92. The van der Waals surface area contributed by atoms with Crippen LogP contribution in [-0.2, 0) is 4.79 Å². The molecule has 1 fully saturated rings. The van der Waals surface area contributed by atoms with Crippen molar-refractivity contribution in [1.29, 1.82) is 0 Å². The summed E-state index contributed by atoms with van der Waals surface area (Å²) in [7, 11) is 0. The van der Waals surface area contributed by atoms with Gasteiger partial charge in [0.1, 0.15) is 11.6 Å². The van der Waals surface area contributed by atoms with Crippen LogP contribution in [0.15, 0.2) is 18.2 Å². The maximum Gasteiger partial charge on any atom is 0.307 e. The van der Waals surface area contributed by atoms with Gasteiger partial charge < -0.3 is 10.0 Å². The summed E-state index contributed by atoms with van der Waals surface area (Å²) in [6, 6.07) is 2.80. The predicted molar refractivity (Wildman–Crippen MR) is 72.1 cm³/mol. The number of carbonyl (C=O) groups is 2. The molecule has 21 heavy (non-hydrogen) atoms. The summed E-state index contributed by atoms with van der Waals surface area (Å²) in [5, 5.41) is 8.99. The maximum atomic E-state index is 13.5. The van der Waals surface area contributed by atoms with Crippen molar-refractivity contribution < 1.29 is 23.5 Å². The fourth-order valence-electron chi connectivity index (χ4n) is 2.57. The minimum Gasteiger partial charge on any atom is -0.481 e. The van der Waals surface area contributed by atoms with Crippen LogP contribution in [0, 0.1) is 17.6 Å². The van der Waals surface area contributed by atoms with Gasteiger partial charge in [0.25, 0.3) is 0 Å². The molecule has 1 aliphatic rings. The summed E-state index contributed by atoms with van der Waals surface area (Å²) in [5.74, 6) is -3.10. The molecule has 0 aromatic heterocycles. The second-order valence-electron chi connectivity index (χ2n) is 5.28. The van der Waals surface area contributed by atoms with E-state index in [1.54, 1.807) is 0 Å². The lowest BCUT2D eigenvalue weighted by molar-refractivity contribution is -0.143. The van der Waals surface area contributed by atoms with Crippen molar-refractivity contribution in [2.45, 2.75) is 19.3 Å². The number of carbonyl (C=O) groups excluding carboxylic acids is 1. The van der Waals surface area contributed by atoms with Crippen LogP contribution in [0.3, 0.4) is 0 Å². The molecular formula is C15H17F2NO3. The first-order valence-corrected chi connectivity index (χ1v) is 6.91. The molecule has 1 aliphatic heterocycles. The standard InChI is InChI=1S/C15H17F2NO3/c16-11-3-4-13(17)12(8-11)14(19)5-7-18-6-1-2-10(9-18)15(20)21/h3-4,8,10H,1-2,5-7,9H2,(H,20,21). The number of benzene rings is 1. The number of carboxylic acids is 1. The number of hydrogen-bond donors (Lipinski definition) is 1. The normalized spacial score (nSPS) is 19.4. The first kappa shape index (κ1) is 15.6. The van der Waals surface area contributed by atoms with E-state index in [1.165, 1.54) is 0 Å². The Bertz CT molecular complexity index is 548. The molecule has 6 heteroatoms. The number of rotatable bonds is 5. The van der Waals surface area contributed by atoms with E-state index < -0.39 is 29.3 Å². The Morgan fingerprint density at radius 1 is 1.33 bits per heavy atom. The number of piperidine rings is 1. The number of Topliss-reactive ketones (excluding diaryl/α,β-unsaturated/α-hetero) is 1. The van der Waals surface area contributed by atoms with Crippen LogP contribution in [0.5, 0.6) is 0 Å². The summed E-state index contributed by atoms with van der Waals surface area (Å²) in [5.41, 5.74) is -0.248. The SMILES string of the molecule is O=C(CCN1CCCC(C(=O)O)C1)c1cc(F)ccc1F. The number of carboxylic acid groups (broad SMARTS) is 1. The maximum absolute atomic E-state index is 13.5. The number of likely N-dealkylation sites (tertiary alicyclic amines) is 1. The van der Waals surface area contributed by atoms with E-state index in [2.05, 4.69) is 0 Å². The van der Waals surface area contributed by atoms with E-state index in [4.69, 9.17) is 5.11 Å². The molecule has 1 heterocycles. The third-order valence-corrected chi connectivity index (χ3v) is 3.74. The van der Waals surface area contributed by atoms with Crippen molar-refractivity contribution in [3.05, 3.63) is 35.4 Å². The fraction of sp³-hybridized carbons (Fsp3) is 0.467. The van der Waals surface area contributed by atoms with Gasteiger partial charge in [-0.2, -0.15) is 0 Å². The topological polar surface area (TPSA) is 57.6 Å². The van der Waals surface area contributed by atoms with Crippen molar-refractivity contribution in [2.75, 3.05) is 19.6 Å². The average molecular weight is 297 g/mol. The second kappa shape index (κ2) is 6.76. The van der Waals surface area contributed by atoms with E-state index in [0.717, 1.165) is 31.2 Å². The summed E-state index contributed by atoms with van der Waals surface area (Å²) >= 11 is 0. The first-order chi connectivity index (χ1) is 9.97. The highest BCUT2D eigenvalue weighted by Crippen LogP contribution is 2.18. The minimum atomic E-state index is -0.831. The molecule has 4 nitrogen and oxygen atoms in total. The zero-order valence-corrected chi connectivity index (χ0v) is 11.5. The number of aliphatic carboxylic acids is 1. The lowest BCUT2D eigenvalue weighted by atomic mass is 9.98. The Morgan fingerprint density at radius 2 is 2.10 bits per heavy atom. The quantitative estimate of drug-likeness (QED) is 0.848. The van der Waals surface area contributed by atoms with E-state index in [0.29, 0.717) is 19.5 Å². The van der Waals surface area contributed by atoms with Gasteiger partial charge in [-0.3, -0.25) is 9.59 Å². The van der Waals surface area contributed by atoms with Crippen molar-refractivity contribution >= 4 is 11.8 Å². The smallest absolute Gasteiger partial charge is 0.307 e. The van der Waals surface area contributed by atoms with E-state index in [-0.39, 0.29) is 12.0 Å². The minimum absolute atomic E-state index is 0.0483. The van der Waals surface area contributed by atoms with Gasteiger partial charge in [-0.1, -0.05) is 0 Å². The fourth-order valence-corrected chi connectivity index (χ4v) is 2.57. The third kappa shape index (κ3) is 4.07. The molecule has 0 aliphatic carbocycles. The predicted octanol–water partition coefficient (Wildman–Crippen LogP) is 2.33. The summed E-state index contributed by atoms with van der Waals surface area (Å²) in [6.07, 6.45) is 1.45. The van der Waals surface area contributed by atoms with Crippen LogP contribution in [0.4, 0.5) is 8.78 Å². The summed E-state index contributed by atoms with van der Waals surface area (Å²) < 4.78 is 26.5. The molecule has 114 valence electrons. The number of ketones is 1. The lowest BCUT2D eigenvalue weighted by Gasteiger charge is -2.30. The van der Waals surface area contributed by atoms with Gasteiger partial charge in [0.2, 0.25) is 0 Å². The largest absolute Gasteiger partial charge is 0.481 e. The van der Waals surface area contributed by atoms with Crippen molar-refractivity contribution in [3.8, 4) is 0 Å². The Morgan fingerprint density at radius 3 is 2.81 bits per heavy atom. The van der Waals surface area contributed by atoms with Crippen molar-refractivity contribution in [3.63, 3.8) is 0 Å². The zero-order chi connectivity index (χ0) is 15.4. The molecular weight excluding hydrogens is 280 g/mol. The van der Waals surface area contributed by atoms with Gasteiger partial charge in [-0.25, -0.2) is 8.78 Å². The first-order valence-electron chi connectivity index (χ1n) is 6.91. The molecule has 1 atom stereocenters. The van der Waals surface area contributed by atoms with Gasteiger partial charge in [0.15, 0.2) is 5.78 Å². The van der Waals surface area contributed by atoms with Gasteiger partial charge in [0, 0.05) is 19.5 Å². The summed E-state index contributed by atoms with van der Waals surface area (Å²) in [6.45, 7) is 1.48. The van der Waals surface area contributed by atoms with E-state index in [9.17, 15) is 18.4 Å². The Labute approximate surface area is 121 Å². The van der Waals surface area contributed by atoms with Crippen LogP contribution in [-0.4, -0.2) is 41.4 Å². The second-order valence-corrected chi connectivity index (χ2v) is 5.28. The molecule has 2 rings (SSSR count). The van der Waals surface area contributed by atoms with Crippen LogP contribution in [0.2, 0.25) is 0 Å². The van der Waals surface area contributed by atoms with Crippen LogP contribution >= 0.6 is 0 Å². The van der Waals surface area contributed by atoms with Crippen molar-refractivity contribution in [2.24, 2.45) is 5.92 Å². The van der Waals surface area contributed by atoms with Gasteiger partial charge in [0.05, 0.1) is 11.5 Å². The molecule has 1 aromatic rings. The molecule has 0 amide bonds. The highest BCUT2D eigenvalue weighted by molar-refractivity contribution is 5.96. The molecule has 1 saturated heterocycles. The van der Waals surface area contributed by atoms with Crippen LogP contribution in [0.1, 0.15) is 29.6 Å². The lowest BCUT2D eigenvalue weighted by Crippen LogP contribution is -2.39. The Hall–Kier alpha value is -1.82. The molecule has 0 bridgehead atoms. The van der Waals surface area contributed by atoms with Gasteiger partial charge in [-0.05, 0) is 37.6 Å². The highest BCUT2D eigenvalue weighted by Gasteiger charge is 2.25. The van der Waals surface area contributed by atoms with Gasteiger partial charge >= 0.3 is 5.97 Å². The average Bonchev–Trinajstić information content (AvgIpc) is 2.47. The molecule has 0 saturated carbocycles. The van der Waals surface area contributed by atoms with Crippen LogP contribution in [0.25, 0.3) is 0 Å². The Kier molecular flexibility index (Phi) is 5.01. The summed E-state index contributed by atoms with van der Waals surface area (Å²) in [4.78, 5) is 24.8. The number of nitrogens with zero attached hydrogens (tertiary/aromatic N) is 1.